The molecule has 1 heterocycles. The van der Waals surface area contributed by atoms with E-state index < -0.39 is 18.3 Å². The minimum atomic E-state index is -0.557. The number of esters is 1. The Labute approximate surface area is 277 Å². The second kappa shape index (κ2) is 17.2. The second-order valence-electron chi connectivity index (χ2n) is 12.2. The van der Waals surface area contributed by atoms with E-state index >= 15 is 0 Å². The molecule has 3 aromatic carbocycles. The number of aliphatic hydroxyl groups excluding tert-OH is 1. The van der Waals surface area contributed by atoms with E-state index in [0.717, 1.165) is 52.9 Å². The number of carbonyl (C=O) groups excluding carboxylic acids is 2. The number of amides is 2. The lowest BCUT2D eigenvalue weighted by molar-refractivity contribution is -0.253. The highest BCUT2D eigenvalue weighted by Crippen LogP contribution is 2.39. The number of urea groups is 1. The van der Waals surface area contributed by atoms with Crippen LogP contribution in [0.15, 0.2) is 85.5 Å². The van der Waals surface area contributed by atoms with Crippen LogP contribution in [0.25, 0.3) is 11.1 Å². The summed E-state index contributed by atoms with van der Waals surface area (Å²) >= 11 is 0. The van der Waals surface area contributed by atoms with Gasteiger partial charge in [-0.25, -0.2) is 4.79 Å². The molecule has 1 saturated carbocycles. The summed E-state index contributed by atoms with van der Waals surface area (Å²) in [5, 5.41) is 14.9. The molecule has 1 aliphatic heterocycles. The maximum absolute atomic E-state index is 12.2. The quantitative estimate of drug-likeness (QED) is 0.142. The first-order valence-corrected chi connectivity index (χ1v) is 16.7. The molecule has 1 saturated heterocycles. The molecule has 2 aliphatic rings. The molecule has 0 spiro atoms. The normalized spacial score (nSPS) is 19.8. The van der Waals surface area contributed by atoms with Gasteiger partial charge in [0.15, 0.2) is 6.29 Å². The van der Waals surface area contributed by atoms with E-state index in [4.69, 9.17) is 14.2 Å². The summed E-state index contributed by atoms with van der Waals surface area (Å²) in [6.45, 7) is 7.78. The Kier molecular flexibility index (Phi) is 12.6. The molecule has 9 nitrogen and oxygen atoms in total. The number of aliphatic hydroxyl groups is 1. The summed E-state index contributed by atoms with van der Waals surface area (Å²) in [6, 6.07) is 24.3. The zero-order valence-corrected chi connectivity index (χ0v) is 27.2. The predicted octanol–water partition coefficient (Wildman–Crippen LogP) is 6.18. The molecule has 3 aromatic rings. The summed E-state index contributed by atoms with van der Waals surface area (Å²) < 4.78 is 18.2. The molecule has 1 aliphatic carbocycles. The molecule has 5 rings (SSSR count). The van der Waals surface area contributed by atoms with Crippen molar-refractivity contribution in [2.75, 3.05) is 26.2 Å². The largest absolute Gasteiger partial charge is 0.465 e. The molecule has 9 heteroatoms. The lowest BCUT2D eigenvalue weighted by Gasteiger charge is -2.39. The summed E-state index contributed by atoms with van der Waals surface area (Å²) in [6.07, 6.45) is 6.92. The van der Waals surface area contributed by atoms with Crippen LogP contribution in [-0.2, 0) is 32.2 Å². The molecule has 250 valence electrons. The molecule has 2 amide bonds. The third-order valence-electron chi connectivity index (χ3n) is 8.83. The van der Waals surface area contributed by atoms with Crippen LogP contribution in [0.3, 0.4) is 0 Å². The Morgan fingerprint density at radius 1 is 0.957 bits per heavy atom. The van der Waals surface area contributed by atoms with Crippen molar-refractivity contribution in [3.63, 3.8) is 0 Å². The molecule has 3 N–H and O–H groups in total. The van der Waals surface area contributed by atoms with Crippen molar-refractivity contribution in [1.29, 1.82) is 0 Å². The minimum Gasteiger partial charge on any atom is -0.465 e. The van der Waals surface area contributed by atoms with Gasteiger partial charge in [-0.1, -0.05) is 79.6 Å². The molecule has 0 aromatic heterocycles. The van der Waals surface area contributed by atoms with Gasteiger partial charge in [-0.15, -0.1) is 6.58 Å². The number of hydrogen-bond acceptors (Lipinski definition) is 7. The maximum Gasteiger partial charge on any atom is 0.325 e. The molecule has 0 radical (unpaired) electrons. The average molecular weight is 642 g/mol. The summed E-state index contributed by atoms with van der Waals surface area (Å²) in [7, 11) is 0. The molecular weight excluding hydrogens is 594 g/mol. The summed E-state index contributed by atoms with van der Waals surface area (Å²) in [4.78, 5) is 26.2. The lowest BCUT2D eigenvalue weighted by Crippen LogP contribution is -2.43. The van der Waals surface area contributed by atoms with Crippen LogP contribution in [0.2, 0.25) is 0 Å². The van der Waals surface area contributed by atoms with Gasteiger partial charge in [0.25, 0.3) is 0 Å². The number of rotatable bonds is 14. The van der Waals surface area contributed by atoms with Gasteiger partial charge in [0.05, 0.1) is 25.4 Å². The fraction of sp³-hybridized carbons (Fsp3) is 0.421. The van der Waals surface area contributed by atoms with Gasteiger partial charge in [0, 0.05) is 37.7 Å². The zero-order valence-electron chi connectivity index (χ0n) is 27.2. The van der Waals surface area contributed by atoms with Gasteiger partial charge in [0.2, 0.25) is 0 Å². The fourth-order valence-corrected chi connectivity index (χ4v) is 6.44. The Hall–Kier alpha value is -4.02. The van der Waals surface area contributed by atoms with Crippen LogP contribution in [-0.4, -0.2) is 60.4 Å². The van der Waals surface area contributed by atoms with Crippen molar-refractivity contribution >= 4 is 12.0 Å². The van der Waals surface area contributed by atoms with E-state index in [1.807, 2.05) is 66.7 Å². The average Bonchev–Trinajstić information content (AvgIpc) is 3.65. The van der Waals surface area contributed by atoms with Crippen LogP contribution in [0, 0.1) is 0 Å². The Bertz CT molecular complexity index is 1470. The molecular formula is C38H47N3O6. The van der Waals surface area contributed by atoms with E-state index in [2.05, 4.69) is 34.2 Å². The standard InChI is InChI=1S/C38H47N3O6/c1-3-19-41(33-13-5-6-14-33)25-34-22-35(29-17-15-27(26-42)16-18-29)47-37(46-34)32-12-8-11-31(21-32)30-10-7-9-28(20-30)23-39-38(44)40-24-36(43)45-4-2/h3,7-12,15-18,20-21,33-35,37,42H,1,4-6,13-14,19,22-26H2,2H3,(H2,39,40,44). The number of benzene rings is 3. The summed E-state index contributed by atoms with van der Waals surface area (Å²) in [5.41, 5.74) is 5.80. The highest BCUT2D eigenvalue weighted by Gasteiger charge is 2.34. The number of carbonyl (C=O) groups is 2. The van der Waals surface area contributed by atoms with E-state index in [9.17, 15) is 14.7 Å². The monoisotopic (exact) mass is 641 g/mol. The van der Waals surface area contributed by atoms with Gasteiger partial charge < -0.3 is 30.0 Å². The van der Waals surface area contributed by atoms with E-state index in [1.54, 1.807) is 6.92 Å². The van der Waals surface area contributed by atoms with Crippen molar-refractivity contribution in [2.24, 2.45) is 0 Å². The van der Waals surface area contributed by atoms with E-state index in [0.29, 0.717) is 12.6 Å². The fourth-order valence-electron chi connectivity index (χ4n) is 6.44. The molecule has 3 unspecified atom stereocenters. The lowest BCUT2D eigenvalue weighted by atomic mass is 9.98. The Morgan fingerprint density at radius 3 is 2.43 bits per heavy atom. The van der Waals surface area contributed by atoms with Crippen molar-refractivity contribution in [3.05, 3.63) is 108 Å². The highest BCUT2D eigenvalue weighted by molar-refractivity contribution is 5.80. The van der Waals surface area contributed by atoms with Crippen LogP contribution >= 0.6 is 0 Å². The first-order chi connectivity index (χ1) is 22.9. The Morgan fingerprint density at radius 2 is 1.70 bits per heavy atom. The van der Waals surface area contributed by atoms with Crippen molar-refractivity contribution < 1.29 is 28.9 Å². The predicted molar refractivity (Wildman–Crippen MR) is 181 cm³/mol. The molecule has 2 fully saturated rings. The van der Waals surface area contributed by atoms with Crippen molar-refractivity contribution in [2.45, 2.75) is 76.7 Å². The smallest absolute Gasteiger partial charge is 0.325 e. The van der Waals surface area contributed by atoms with Crippen LogP contribution in [0.1, 0.15) is 73.7 Å². The minimum absolute atomic E-state index is 0.00476. The topological polar surface area (TPSA) is 109 Å². The molecule has 0 bridgehead atoms. The van der Waals surface area contributed by atoms with Gasteiger partial charge in [-0.3, -0.25) is 9.69 Å². The maximum atomic E-state index is 12.2. The van der Waals surface area contributed by atoms with Crippen LogP contribution in [0.4, 0.5) is 4.79 Å². The molecule has 47 heavy (non-hydrogen) atoms. The van der Waals surface area contributed by atoms with Gasteiger partial charge in [-0.2, -0.15) is 0 Å². The molecule has 3 atom stereocenters. The number of ether oxygens (including phenoxy) is 3. The first kappa shape index (κ1) is 34.3. The van der Waals surface area contributed by atoms with E-state index in [1.165, 1.54) is 25.7 Å². The van der Waals surface area contributed by atoms with Gasteiger partial charge in [0.1, 0.15) is 6.54 Å². The zero-order chi connectivity index (χ0) is 33.0. The third-order valence-corrected chi connectivity index (χ3v) is 8.83. The third kappa shape index (κ3) is 9.74. The number of nitrogens with zero attached hydrogens (tertiary/aromatic N) is 1. The van der Waals surface area contributed by atoms with Crippen molar-refractivity contribution in [3.8, 4) is 11.1 Å². The number of hydrogen-bond donors (Lipinski definition) is 3. The highest BCUT2D eigenvalue weighted by atomic mass is 16.7. The number of nitrogens with one attached hydrogen (secondary N) is 2. The summed E-state index contributed by atoms with van der Waals surface area (Å²) in [5.74, 6) is -0.476. The van der Waals surface area contributed by atoms with Crippen molar-refractivity contribution in [1.82, 2.24) is 15.5 Å². The Balaban J connectivity index is 1.31. The second-order valence-corrected chi connectivity index (χ2v) is 12.2. The van der Waals surface area contributed by atoms with Crippen LogP contribution in [0.5, 0.6) is 0 Å². The van der Waals surface area contributed by atoms with E-state index in [-0.39, 0.29) is 32.0 Å². The van der Waals surface area contributed by atoms with Gasteiger partial charge >= 0.3 is 12.0 Å². The van der Waals surface area contributed by atoms with Gasteiger partial charge in [-0.05, 0) is 59.7 Å². The first-order valence-electron chi connectivity index (χ1n) is 16.7. The SMILES string of the molecule is C=CCN(CC1CC(c2ccc(CO)cc2)OC(c2cccc(-c3cccc(CNC(=O)NCC(=O)OCC)c3)c2)O1)C1CCCC1. The van der Waals surface area contributed by atoms with Crippen LogP contribution < -0.4 is 10.6 Å².